The van der Waals surface area contributed by atoms with E-state index in [1.165, 1.54) is 0 Å². The van der Waals surface area contributed by atoms with Crippen LogP contribution in [0.15, 0.2) is 12.4 Å². The van der Waals surface area contributed by atoms with Crippen molar-refractivity contribution in [3.8, 4) is 0 Å². The highest BCUT2D eigenvalue weighted by Gasteiger charge is 2.33. The molecule has 3 fully saturated rings. The van der Waals surface area contributed by atoms with Crippen LogP contribution in [0.1, 0.15) is 31.7 Å². The number of piperidine rings is 1. The molecule has 0 aliphatic carbocycles. The average Bonchev–Trinajstić information content (AvgIpc) is 3.14. The third-order valence-electron chi connectivity index (χ3n) is 5.53. The average molecular weight is 331 g/mol. The fourth-order valence-electron chi connectivity index (χ4n) is 4.06. The molecule has 0 radical (unpaired) electrons. The van der Waals surface area contributed by atoms with Crippen molar-refractivity contribution < 1.29 is 9.59 Å². The Morgan fingerprint density at radius 3 is 2.71 bits per heavy atom. The Balaban J connectivity index is 1.28. The van der Waals surface area contributed by atoms with Gasteiger partial charge in [-0.1, -0.05) is 0 Å². The highest BCUT2D eigenvalue weighted by Crippen LogP contribution is 2.27. The van der Waals surface area contributed by atoms with Crippen molar-refractivity contribution in [3.05, 3.63) is 12.4 Å². The highest BCUT2D eigenvalue weighted by atomic mass is 16.2. The van der Waals surface area contributed by atoms with E-state index in [1.807, 2.05) is 33.9 Å². The van der Waals surface area contributed by atoms with E-state index in [0.717, 1.165) is 51.3 Å². The third-order valence-corrected chi connectivity index (χ3v) is 5.53. The Morgan fingerprint density at radius 1 is 1.17 bits per heavy atom. The van der Waals surface area contributed by atoms with Crippen molar-refractivity contribution in [2.24, 2.45) is 5.92 Å². The zero-order chi connectivity index (χ0) is 16.7. The first-order valence-electron chi connectivity index (χ1n) is 8.91. The molecule has 1 aromatic rings. The summed E-state index contributed by atoms with van der Waals surface area (Å²) in [6.07, 6.45) is 7.12. The summed E-state index contributed by atoms with van der Waals surface area (Å²) in [5.74, 6) is 1.07. The van der Waals surface area contributed by atoms with Gasteiger partial charge in [0.15, 0.2) is 0 Å². The lowest BCUT2D eigenvalue weighted by atomic mass is 9.95. The minimum Gasteiger partial charge on any atom is -0.345 e. The first-order valence-corrected chi connectivity index (χ1v) is 8.91. The number of rotatable bonds is 4. The van der Waals surface area contributed by atoms with E-state index in [2.05, 4.69) is 10.00 Å². The summed E-state index contributed by atoms with van der Waals surface area (Å²) in [4.78, 5) is 29.5. The summed E-state index contributed by atoms with van der Waals surface area (Å²) in [7, 11) is 1.90. The molecule has 3 aliphatic rings. The molecule has 1 unspecified atom stereocenters. The van der Waals surface area contributed by atoms with Gasteiger partial charge in [-0.15, -0.1) is 0 Å². The molecule has 0 N–H and O–H groups in total. The Bertz CT molecular complexity index is 637. The van der Waals surface area contributed by atoms with Gasteiger partial charge in [-0.2, -0.15) is 5.10 Å². The van der Waals surface area contributed by atoms with Crippen LogP contribution in [0.5, 0.6) is 0 Å². The molecular weight excluding hydrogens is 306 g/mol. The Hall–Kier alpha value is -1.89. The third kappa shape index (κ3) is 2.92. The van der Waals surface area contributed by atoms with Crippen LogP contribution in [0, 0.1) is 5.92 Å². The second-order valence-corrected chi connectivity index (χ2v) is 7.38. The highest BCUT2D eigenvalue weighted by molar-refractivity contribution is 5.95. The number of anilines is 1. The molecule has 3 aliphatic heterocycles. The maximum absolute atomic E-state index is 11.8. The van der Waals surface area contributed by atoms with Crippen LogP contribution in [-0.2, 0) is 9.59 Å². The number of hydrogen-bond donors (Lipinski definition) is 0. The topological polar surface area (TPSA) is 61.7 Å². The lowest BCUT2D eigenvalue weighted by Crippen LogP contribution is -2.51. The maximum atomic E-state index is 11.8. The molecule has 4 rings (SSSR count). The van der Waals surface area contributed by atoms with Crippen LogP contribution < -0.4 is 4.90 Å². The van der Waals surface area contributed by atoms with Crippen LogP contribution in [0.3, 0.4) is 0 Å². The zero-order valence-corrected chi connectivity index (χ0v) is 14.2. The molecule has 24 heavy (non-hydrogen) atoms. The van der Waals surface area contributed by atoms with Gasteiger partial charge < -0.3 is 9.80 Å². The molecule has 4 heterocycles. The van der Waals surface area contributed by atoms with Gasteiger partial charge >= 0.3 is 0 Å². The number of amides is 2. The summed E-state index contributed by atoms with van der Waals surface area (Å²) < 4.78 is 2.01. The quantitative estimate of drug-likeness (QED) is 0.816. The molecule has 1 atom stereocenters. The van der Waals surface area contributed by atoms with Gasteiger partial charge in [0.2, 0.25) is 11.8 Å². The van der Waals surface area contributed by atoms with Crippen molar-refractivity contribution in [3.63, 3.8) is 0 Å². The molecular formula is C17H25N5O2. The first-order chi connectivity index (χ1) is 11.6. The number of likely N-dealkylation sites (tertiary alicyclic amines) is 2. The van der Waals surface area contributed by atoms with E-state index in [1.54, 1.807) is 0 Å². The molecule has 1 aromatic heterocycles. The van der Waals surface area contributed by atoms with Gasteiger partial charge in [0, 0.05) is 58.8 Å². The lowest BCUT2D eigenvalue weighted by molar-refractivity contribution is -0.133. The second kappa shape index (κ2) is 6.20. The zero-order valence-electron chi connectivity index (χ0n) is 14.2. The van der Waals surface area contributed by atoms with Crippen LogP contribution in [0.25, 0.3) is 0 Å². The Morgan fingerprint density at radius 2 is 2.00 bits per heavy atom. The molecule has 130 valence electrons. The van der Waals surface area contributed by atoms with E-state index in [0.29, 0.717) is 24.8 Å². The van der Waals surface area contributed by atoms with Crippen LogP contribution in [0.2, 0.25) is 0 Å². The molecule has 7 heteroatoms. The van der Waals surface area contributed by atoms with Crippen LogP contribution in [-0.4, -0.2) is 71.2 Å². The number of carbonyl (C=O) groups is 2. The SMILES string of the molecule is CN1CC(CN2CC(n3cc(N4CCCC4=O)cn3)C2)CCC1=O. The van der Waals surface area contributed by atoms with Crippen LogP contribution >= 0.6 is 0 Å². The standard InChI is InChI=1S/C17H25N5O2/c1-19-8-13(4-5-16(19)23)9-20-10-15(11-20)22-12-14(7-18-22)21-6-2-3-17(21)24/h7,12-13,15H,2-6,8-11H2,1H3. The summed E-state index contributed by atoms with van der Waals surface area (Å²) >= 11 is 0. The Labute approximate surface area is 142 Å². The number of carbonyl (C=O) groups excluding carboxylic acids is 2. The maximum Gasteiger partial charge on any atom is 0.227 e. The molecule has 0 bridgehead atoms. The summed E-state index contributed by atoms with van der Waals surface area (Å²) in [6, 6.07) is 0.402. The Kier molecular flexibility index (Phi) is 4.04. The van der Waals surface area contributed by atoms with Crippen molar-refractivity contribution >= 4 is 17.5 Å². The van der Waals surface area contributed by atoms with Gasteiger partial charge in [-0.25, -0.2) is 0 Å². The largest absolute Gasteiger partial charge is 0.345 e. The fourth-order valence-corrected chi connectivity index (χ4v) is 4.06. The van der Waals surface area contributed by atoms with Crippen molar-refractivity contribution in [2.45, 2.75) is 31.7 Å². The second-order valence-electron chi connectivity index (χ2n) is 7.38. The van der Waals surface area contributed by atoms with Crippen molar-refractivity contribution in [2.75, 3.05) is 44.7 Å². The summed E-state index contributed by atoms with van der Waals surface area (Å²) in [6.45, 7) is 4.76. The van der Waals surface area contributed by atoms with E-state index in [9.17, 15) is 9.59 Å². The summed E-state index contributed by atoms with van der Waals surface area (Å²) in [5.41, 5.74) is 0.934. The minimum absolute atomic E-state index is 0.209. The van der Waals surface area contributed by atoms with Crippen molar-refractivity contribution in [1.82, 2.24) is 19.6 Å². The van der Waals surface area contributed by atoms with Gasteiger partial charge in [-0.05, 0) is 18.8 Å². The van der Waals surface area contributed by atoms with Crippen LogP contribution in [0.4, 0.5) is 5.69 Å². The normalized spacial score (nSPS) is 26.3. The fraction of sp³-hybridized carbons (Fsp3) is 0.706. The monoisotopic (exact) mass is 331 g/mol. The minimum atomic E-state index is 0.209. The lowest BCUT2D eigenvalue weighted by Gasteiger charge is -2.42. The smallest absolute Gasteiger partial charge is 0.227 e. The number of hydrogen-bond acceptors (Lipinski definition) is 4. The van der Waals surface area contributed by atoms with E-state index in [4.69, 9.17) is 0 Å². The summed E-state index contributed by atoms with van der Waals surface area (Å²) in [5, 5.41) is 4.46. The molecule has 0 saturated carbocycles. The molecule has 2 amide bonds. The molecule has 7 nitrogen and oxygen atoms in total. The van der Waals surface area contributed by atoms with Gasteiger partial charge in [0.1, 0.15) is 0 Å². The predicted octanol–water partition coefficient (Wildman–Crippen LogP) is 0.735. The molecule has 0 aromatic carbocycles. The van der Waals surface area contributed by atoms with E-state index in [-0.39, 0.29) is 11.8 Å². The number of nitrogens with zero attached hydrogens (tertiary/aromatic N) is 5. The van der Waals surface area contributed by atoms with Crippen molar-refractivity contribution in [1.29, 1.82) is 0 Å². The van der Waals surface area contributed by atoms with Gasteiger partial charge in [0.25, 0.3) is 0 Å². The first kappa shape index (κ1) is 15.6. The number of aromatic nitrogens is 2. The van der Waals surface area contributed by atoms with Gasteiger partial charge in [-0.3, -0.25) is 19.2 Å². The predicted molar refractivity (Wildman–Crippen MR) is 89.7 cm³/mol. The van der Waals surface area contributed by atoms with E-state index >= 15 is 0 Å². The molecule has 0 spiro atoms. The molecule has 3 saturated heterocycles. The van der Waals surface area contributed by atoms with Gasteiger partial charge in [0.05, 0.1) is 17.9 Å². The van der Waals surface area contributed by atoms with E-state index < -0.39 is 0 Å².